The second kappa shape index (κ2) is 2.64. The summed E-state index contributed by atoms with van der Waals surface area (Å²) in [5.74, 6) is 0.511. The van der Waals surface area contributed by atoms with E-state index in [1.165, 1.54) is 16.5 Å². The molecule has 0 bridgehead atoms. The van der Waals surface area contributed by atoms with E-state index in [9.17, 15) is 0 Å². The summed E-state index contributed by atoms with van der Waals surface area (Å²) < 4.78 is 0. The molecule has 0 unspecified atom stereocenters. The number of nitrogens with one attached hydrogen (secondary N) is 1. The van der Waals surface area contributed by atoms with Gasteiger partial charge in [0.15, 0.2) is 0 Å². The fraction of sp³-hybridized carbons (Fsp3) is 0.385. The van der Waals surface area contributed by atoms with Crippen molar-refractivity contribution < 1.29 is 0 Å². The first kappa shape index (κ1) is 8.98. The summed E-state index contributed by atoms with van der Waals surface area (Å²) in [7, 11) is 0. The number of nitrogens with two attached hydrogens (primary N) is 1. The highest BCUT2D eigenvalue weighted by Crippen LogP contribution is 2.58. The van der Waals surface area contributed by atoms with Crippen LogP contribution in [0.25, 0.3) is 10.9 Å². The molecule has 0 aliphatic heterocycles. The van der Waals surface area contributed by atoms with Gasteiger partial charge in [-0.2, -0.15) is 0 Å². The van der Waals surface area contributed by atoms with Gasteiger partial charge >= 0.3 is 0 Å². The van der Waals surface area contributed by atoms with Gasteiger partial charge in [0.25, 0.3) is 0 Å². The third-order valence-corrected chi connectivity index (χ3v) is 3.87. The average molecular weight is 200 g/mol. The van der Waals surface area contributed by atoms with Gasteiger partial charge in [0.1, 0.15) is 0 Å². The average Bonchev–Trinajstić information content (AvgIpc) is 2.63. The molecule has 1 saturated carbocycles. The predicted molar refractivity (Wildman–Crippen MR) is 62.8 cm³/mol. The van der Waals surface area contributed by atoms with Crippen molar-refractivity contribution in [1.82, 2.24) is 4.98 Å². The van der Waals surface area contributed by atoms with Crippen molar-refractivity contribution in [3.8, 4) is 0 Å². The minimum atomic E-state index is 0.256. The van der Waals surface area contributed by atoms with Gasteiger partial charge in [-0.25, -0.2) is 0 Å². The van der Waals surface area contributed by atoms with Crippen LogP contribution in [0.5, 0.6) is 0 Å². The van der Waals surface area contributed by atoms with Gasteiger partial charge < -0.3 is 10.7 Å². The molecule has 1 aliphatic carbocycles. The highest BCUT2D eigenvalue weighted by atomic mass is 14.8. The van der Waals surface area contributed by atoms with E-state index in [0.29, 0.717) is 12.0 Å². The highest BCUT2D eigenvalue weighted by Gasteiger charge is 2.56. The molecule has 0 saturated heterocycles. The fourth-order valence-corrected chi connectivity index (χ4v) is 2.65. The van der Waals surface area contributed by atoms with Crippen LogP contribution in [0.1, 0.15) is 25.3 Å². The Labute approximate surface area is 89.5 Å². The normalized spacial score (nSPS) is 28.2. The number of aromatic nitrogens is 1. The summed E-state index contributed by atoms with van der Waals surface area (Å²) in [5.41, 5.74) is 8.99. The Hall–Kier alpha value is -1.28. The Bertz CT molecular complexity index is 510. The minimum absolute atomic E-state index is 0.256. The van der Waals surface area contributed by atoms with Crippen molar-refractivity contribution in [2.24, 2.45) is 11.1 Å². The van der Waals surface area contributed by atoms with E-state index in [1.54, 1.807) is 0 Å². The molecule has 0 radical (unpaired) electrons. The molecule has 3 N–H and O–H groups in total. The van der Waals surface area contributed by atoms with E-state index in [1.807, 2.05) is 6.20 Å². The smallest absolute Gasteiger partial charge is 0.0456 e. The molecule has 0 spiro atoms. The van der Waals surface area contributed by atoms with Crippen molar-refractivity contribution >= 4 is 10.9 Å². The van der Waals surface area contributed by atoms with E-state index >= 15 is 0 Å². The Balaban J connectivity index is 2.17. The first-order valence-corrected chi connectivity index (χ1v) is 5.44. The van der Waals surface area contributed by atoms with Gasteiger partial charge in [-0.1, -0.05) is 26.0 Å². The van der Waals surface area contributed by atoms with Crippen LogP contribution in [0, 0.1) is 5.41 Å². The van der Waals surface area contributed by atoms with Crippen LogP contribution in [-0.2, 0) is 0 Å². The number of aromatic amines is 1. The molecule has 3 rings (SSSR count). The summed E-state index contributed by atoms with van der Waals surface area (Å²) >= 11 is 0. The molecule has 1 heterocycles. The summed E-state index contributed by atoms with van der Waals surface area (Å²) in [6, 6.07) is 8.87. The molecule has 1 aliphatic rings. The number of hydrogen-bond acceptors (Lipinski definition) is 1. The summed E-state index contributed by atoms with van der Waals surface area (Å²) in [6.45, 7) is 4.49. The molecular weight excluding hydrogens is 184 g/mol. The lowest BCUT2D eigenvalue weighted by atomic mass is 10.00. The third kappa shape index (κ3) is 1.08. The summed E-state index contributed by atoms with van der Waals surface area (Å²) in [6.07, 6.45) is 2.00. The molecule has 2 heteroatoms. The molecule has 2 atom stereocenters. The highest BCUT2D eigenvalue weighted by molar-refractivity contribution is 5.84. The Morgan fingerprint density at radius 3 is 2.67 bits per heavy atom. The van der Waals surface area contributed by atoms with Crippen LogP contribution in [-0.4, -0.2) is 11.0 Å². The molecule has 2 aromatic rings. The van der Waals surface area contributed by atoms with Crippen molar-refractivity contribution in [2.75, 3.05) is 0 Å². The number of H-pyrrole nitrogens is 1. The molecule has 1 aromatic heterocycles. The van der Waals surface area contributed by atoms with Crippen molar-refractivity contribution in [2.45, 2.75) is 25.8 Å². The first-order valence-electron chi connectivity index (χ1n) is 5.44. The van der Waals surface area contributed by atoms with E-state index in [0.717, 1.165) is 0 Å². The molecular formula is C13H16N2. The SMILES string of the molecule is CC1(C)[C@H](N)[C@H]1c1cccc2[nH]ccc12. The van der Waals surface area contributed by atoms with Crippen LogP contribution in [0.2, 0.25) is 0 Å². The minimum Gasteiger partial charge on any atom is -0.361 e. The maximum absolute atomic E-state index is 6.13. The molecule has 1 aromatic carbocycles. The van der Waals surface area contributed by atoms with Gasteiger partial charge in [0, 0.05) is 29.1 Å². The monoisotopic (exact) mass is 200 g/mol. The number of hydrogen-bond donors (Lipinski definition) is 2. The van der Waals surface area contributed by atoms with E-state index < -0.39 is 0 Å². The predicted octanol–water partition coefficient (Wildman–Crippen LogP) is 2.62. The quantitative estimate of drug-likeness (QED) is 0.730. The lowest BCUT2D eigenvalue weighted by Gasteiger charge is -2.04. The van der Waals surface area contributed by atoms with Crippen LogP contribution < -0.4 is 5.73 Å². The largest absolute Gasteiger partial charge is 0.361 e. The van der Waals surface area contributed by atoms with Gasteiger partial charge in [-0.3, -0.25) is 0 Å². The summed E-state index contributed by atoms with van der Waals surface area (Å²) in [5, 5.41) is 1.32. The van der Waals surface area contributed by atoms with Crippen molar-refractivity contribution in [3.63, 3.8) is 0 Å². The number of rotatable bonds is 1. The zero-order valence-corrected chi connectivity index (χ0v) is 9.12. The van der Waals surface area contributed by atoms with Crippen LogP contribution >= 0.6 is 0 Å². The zero-order valence-electron chi connectivity index (χ0n) is 9.12. The molecule has 2 nitrogen and oxygen atoms in total. The Kier molecular flexibility index (Phi) is 1.58. The maximum Gasteiger partial charge on any atom is 0.0456 e. The van der Waals surface area contributed by atoms with E-state index in [-0.39, 0.29) is 5.41 Å². The standard InChI is InChI=1S/C13H16N2/c1-13(2)11(12(13)14)9-4-3-5-10-8(9)6-7-15-10/h3-7,11-12,15H,14H2,1-2H3/t11-,12-/m1/s1. The van der Waals surface area contributed by atoms with E-state index in [4.69, 9.17) is 5.73 Å². The van der Waals surface area contributed by atoms with Gasteiger partial charge in [-0.15, -0.1) is 0 Å². The van der Waals surface area contributed by atoms with Gasteiger partial charge in [-0.05, 0) is 23.1 Å². The van der Waals surface area contributed by atoms with Crippen LogP contribution in [0.4, 0.5) is 0 Å². The lowest BCUT2D eigenvalue weighted by molar-refractivity contribution is 0.600. The lowest BCUT2D eigenvalue weighted by Crippen LogP contribution is -2.06. The van der Waals surface area contributed by atoms with Crippen molar-refractivity contribution in [1.29, 1.82) is 0 Å². The fourth-order valence-electron chi connectivity index (χ4n) is 2.65. The third-order valence-electron chi connectivity index (χ3n) is 3.87. The molecule has 1 fully saturated rings. The second-order valence-corrected chi connectivity index (χ2v) is 5.11. The van der Waals surface area contributed by atoms with Gasteiger partial charge in [0.05, 0.1) is 0 Å². The summed E-state index contributed by atoms with van der Waals surface area (Å²) in [4.78, 5) is 3.24. The van der Waals surface area contributed by atoms with Crippen LogP contribution in [0.15, 0.2) is 30.5 Å². The molecule has 78 valence electrons. The topological polar surface area (TPSA) is 41.8 Å². The maximum atomic E-state index is 6.13. The molecule has 15 heavy (non-hydrogen) atoms. The number of fused-ring (bicyclic) bond motifs is 1. The zero-order chi connectivity index (χ0) is 10.6. The van der Waals surface area contributed by atoms with Crippen molar-refractivity contribution in [3.05, 3.63) is 36.0 Å². The van der Waals surface area contributed by atoms with E-state index in [2.05, 4.69) is 43.1 Å². The van der Waals surface area contributed by atoms with Crippen LogP contribution in [0.3, 0.4) is 0 Å². The van der Waals surface area contributed by atoms with Gasteiger partial charge in [0.2, 0.25) is 0 Å². The first-order chi connectivity index (χ1) is 7.12. The molecule has 0 amide bonds. The number of benzene rings is 1. The Morgan fingerprint density at radius 2 is 2.00 bits per heavy atom. The second-order valence-electron chi connectivity index (χ2n) is 5.11. The Morgan fingerprint density at radius 1 is 1.27 bits per heavy atom.